The van der Waals surface area contributed by atoms with Gasteiger partial charge in [0.15, 0.2) is 0 Å². The molecule has 0 spiro atoms. The normalized spacial score (nSPS) is 15.9. The fourth-order valence-corrected chi connectivity index (χ4v) is 2.15. The average Bonchev–Trinajstić information content (AvgIpc) is 2.43. The minimum Gasteiger partial charge on any atom is -0.462 e. The number of halogens is 1. The van der Waals surface area contributed by atoms with Gasteiger partial charge >= 0.3 is 5.97 Å². The molecule has 5 nitrogen and oxygen atoms in total. The fourth-order valence-electron chi connectivity index (χ4n) is 2.15. The van der Waals surface area contributed by atoms with Gasteiger partial charge in [-0.15, -0.1) is 0 Å². The molecule has 0 saturated carbocycles. The van der Waals surface area contributed by atoms with E-state index in [1.165, 1.54) is 6.07 Å². The summed E-state index contributed by atoms with van der Waals surface area (Å²) in [6, 6.07) is 2.70. The minimum absolute atomic E-state index is 0.0819. The van der Waals surface area contributed by atoms with E-state index in [-0.39, 0.29) is 29.6 Å². The third kappa shape index (κ3) is 3.39. The van der Waals surface area contributed by atoms with Crippen LogP contribution in [0.3, 0.4) is 0 Å². The van der Waals surface area contributed by atoms with Crippen LogP contribution in [-0.4, -0.2) is 31.8 Å². The van der Waals surface area contributed by atoms with Crippen LogP contribution in [-0.2, 0) is 9.47 Å². The Bertz CT molecular complexity index is 488. The van der Waals surface area contributed by atoms with E-state index in [0.717, 1.165) is 18.9 Å². The van der Waals surface area contributed by atoms with Crippen molar-refractivity contribution in [2.75, 3.05) is 30.9 Å². The zero-order chi connectivity index (χ0) is 14.5. The largest absolute Gasteiger partial charge is 0.462 e. The molecule has 0 aliphatic carbocycles. The molecule has 2 rings (SSSR count). The number of nitrogens with one attached hydrogen (secondary N) is 1. The summed E-state index contributed by atoms with van der Waals surface area (Å²) in [7, 11) is 0. The molecule has 0 bridgehead atoms. The lowest BCUT2D eigenvalue weighted by Crippen LogP contribution is -2.28. The van der Waals surface area contributed by atoms with Gasteiger partial charge in [0.1, 0.15) is 5.82 Å². The van der Waals surface area contributed by atoms with Crippen LogP contribution in [0.1, 0.15) is 30.1 Å². The number of rotatable bonds is 4. The SMILES string of the molecule is CCOC(=O)c1cc(NC2CCOCC2)c(F)cc1N. The number of hydrogen-bond acceptors (Lipinski definition) is 5. The van der Waals surface area contributed by atoms with Gasteiger partial charge in [-0.05, 0) is 31.9 Å². The van der Waals surface area contributed by atoms with Crippen molar-refractivity contribution in [3.8, 4) is 0 Å². The van der Waals surface area contributed by atoms with Gasteiger partial charge in [0.25, 0.3) is 0 Å². The Kier molecular flexibility index (Phi) is 4.79. The molecule has 0 amide bonds. The highest BCUT2D eigenvalue weighted by Crippen LogP contribution is 2.25. The molecule has 20 heavy (non-hydrogen) atoms. The van der Waals surface area contributed by atoms with Gasteiger partial charge in [0.2, 0.25) is 0 Å². The van der Waals surface area contributed by atoms with Crippen LogP contribution in [0.4, 0.5) is 15.8 Å². The first-order valence-corrected chi connectivity index (χ1v) is 6.72. The number of hydrogen-bond donors (Lipinski definition) is 2. The molecule has 1 aliphatic heterocycles. The number of carbonyl (C=O) groups excluding carboxylic acids is 1. The second-order valence-electron chi connectivity index (χ2n) is 4.67. The molecule has 0 unspecified atom stereocenters. The van der Waals surface area contributed by atoms with Crippen molar-refractivity contribution >= 4 is 17.3 Å². The third-order valence-electron chi connectivity index (χ3n) is 3.22. The fraction of sp³-hybridized carbons (Fsp3) is 0.500. The first-order chi connectivity index (χ1) is 9.61. The summed E-state index contributed by atoms with van der Waals surface area (Å²) < 4.78 is 24.1. The van der Waals surface area contributed by atoms with Crippen LogP contribution >= 0.6 is 0 Å². The standard InChI is InChI=1S/C14H19FN2O3/c1-2-20-14(18)10-7-13(11(15)8-12(10)16)17-9-3-5-19-6-4-9/h7-9,17H,2-6,16H2,1H3. The van der Waals surface area contributed by atoms with Crippen LogP contribution in [0.5, 0.6) is 0 Å². The Hall–Kier alpha value is -1.82. The van der Waals surface area contributed by atoms with Crippen molar-refractivity contribution in [1.82, 2.24) is 0 Å². The van der Waals surface area contributed by atoms with E-state index in [0.29, 0.717) is 13.2 Å². The molecule has 1 aromatic carbocycles. The maximum Gasteiger partial charge on any atom is 0.340 e. The Labute approximate surface area is 117 Å². The highest BCUT2D eigenvalue weighted by atomic mass is 19.1. The third-order valence-corrected chi connectivity index (χ3v) is 3.22. The number of anilines is 2. The Morgan fingerprint density at radius 1 is 1.50 bits per heavy atom. The van der Waals surface area contributed by atoms with E-state index in [2.05, 4.69) is 5.32 Å². The number of esters is 1. The predicted octanol–water partition coefficient (Wildman–Crippen LogP) is 2.18. The van der Waals surface area contributed by atoms with Gasteiger partial charge in [0.05, 0.1) is 17.9 Å². The molecule has 1 fully saturated rings. The lowest BCUT2D eigenvalue weighted by Gasteiger charge is -2.24. The van der Waals surface area contributed by atoms with Gasteiger partial charge < -0.3 is 20.5 Å². The predicted molar refractivity (Wildman–Crippen MR) is 74.2 cm³/mol. The van der Waals surface area contributed by atoms with Crippen molar-refractivity contribution < 1.29 is 18.7 Å². The maximum absolute atomic E-state index is 13.9. The van der Waals surface area contributed by atoms with Crippen molar-refractivity contribution in [3.05, 3.63) is 23.5 Å². The summed E-state index contributed by atoms with van der Waals surface area (Å²) in [5.41, 5.74) is 6.20. The summed E-state index contributed by atoms with van der Waals surface area (Å²) in [6.07, 6.45) is 1.61. The molecule has 110 valence electrons. The molecule has 0 atom stereocenters. The number of ether oxygens (including phenoxy) is 2. The van der Waals surface area contributed by atoms with Crippen LogP contribution in [0.15, 0.2) is 12.1 Å². The Morgan fingerprint density at radius 2 is 2.20 bits per heavy atom. The molecule has 1 saturated heterocycles. The Morgan fingerprint density at radius 3 is 2.85 bits per heavy atom. The molecule has 0 radical (unpaired) electrons. The lowest BCUT2D eigenvalue weighted by atomic mass is 10.1. The molecule has 0 aromatic heterocycles. The van der Waals surface area contributed by atoms with Gasteiger partial charge in [-0.3, -0.25) is 0 Å². The first-order valence-electron chi connectivity index (χ1n) is 6.72. The topological polar surface area (TPSA) is 73.6 Å². The number of nitrogens with two attached hydrogens (primary N) is 1. The van der Waals surface area contributed by atoms with E-state index in [1.807, 2.05) is 0 Å². The van der Waals surface area contributed by atoms with Crippen molar-refractivity contribution in [1.29, 1.82) is 0 Å². The minimum atomic E-state index is -0.542. The zero-order valence-electron chi connectivity index (χ0n) is 11.4. The zero-order valence-corrected chi connectivity index (χ0v) is 11.4. The summed E-state index contributed by atoms with van der Waals surface area (Å²) in [5, 5.41) is 3.10. The Balaban J connectivity index is 2.19. The first kappa shape index (κ1) is 14.6. The molecule has 1 aliphatic rings. The molecule has 1 aromatic rings. The van der Waals surface area contributed by atoms with E-state index >= 15 is 0 Å². The maximum atomic E-state index is 13.9. The highest BCUT2D eigenvalue weighted by Gasteiger charge is 2.19. The summed E-state index contributed by atoms with van der Waals surface area (Å²) >= 11 is 0. The van der Waals surface area contributed by atoms with Crippen molar-refractivity contribution in [2.45, 2.75) is 25.8 Å². The second kappa shape index (κ2) is 6.56. The van der Waals surface area contributed by atoms with E-state index in [4.69, 9.17) is 15.2 Å². The van der Waals surface area contributed by atoms with Crippen molar-refractivity contribution in [2.24, 2.45) is 0 Å². The van der Waals surface area contributed by atoms with Gasteiger partial charge in [-0.25, -0.2) is 9.18 Å². The van der Waals surface area contributed by atoms with Crippen LogP contribution in [0.2, 0.25) is 0 Å². The highest BCUT2D eigenvalue weighted by molar-refractivity contribution is 5.96. The van der Waals surface area contributed by atoms with Crippen LogP contribution in [0, 0.1) is 5.82 Å². The number of carbonyl (C=O) groups is 1. The van der Waals surface area contributed by atoms with Gasteiger partial charge in [0, 0.05) is 24.9 Å². The summed E-state index contributed by atoms with van der Waals surface area (Å²) in [5.74, 6) is -1.01. The average molecular weight is 282 g/mol. The molecular weight excluding hydrogens is 263 g/mol. The molecule has 3 N–H and O–H groups in total. The smallest absolute Gasteiger partial charge is 0.340 e. The second-order valence-corrected chi connectivity index (χ2v) is 4.67. The summed E-state index contributed by atoms with van der Waals surface area (Å²) in [6.45, 7) is 3.26. The quantitative estimate of drug-likeness (QED) is 0.654. The molecule has 6 heteroatoms. The summed E-state index contributed by atoms with van der Waals surface area (Å²) in [4.78, 5) is 11.7. The van der Waals surface area contributed by atoms with Crippen molar-refractivity contribution in [3.63, 3.8) is 0 Å². The number of nitrogen functional groups attached to an aromatic ring is 1. The molecular formula is C14H19FN2O3. The van der Waals surface area contributed by atoms with E-state index < -0.39 is 11.8 Å². The number of benzene rings is 1. The van der Waals surface area contributed by atoms with E-state index in [1.54, 1.807) is 6.92 Å². The van der Waals surface area contributed by atoms with Gasteiger partial charge in [-0.2, -0.15) is 0 Å². The van der Waals surface area contributed by atoms with Gasteiger partial charge in [-0.1, -0.05) is 0 Å². The van der Waals surface area contributed by atoms with Crippen LogP contribution < -0.4 is 11.1 Å². The molecule has 1 heterocycles. The lowest BCUT2D eigenvalue weighted by molar-refractivity contribution is 0.0527. The monoisotopic (exact) mass is 282 g/mol. The van der Waals surface area contributed by atoms with Crippen LogP contribution in [0.25, 0.3) is 0 Å². The van der Waals surface area contributed by atoms with E-state index in [9.17, 15) is 9.18 Å².